The average Bonchev–Trinajstić information content (AvgIpc) is 3.83. The van der Waals surface area contributed by atoms with Gasteiger partial charge < -0.3 is 19.2 Å². The fraction of sp³-hybridized carbons (Fsp3) is 0.109. The van der Waals surface area contributed by atoms with E-state index in [0.29, 0.717) is 6.61 Å². The van der Waals surface area contributed by atoms with Crippen molar-refractivity contribution in [2.24, 2.45) is 14.1 Å². The molecule has 0 spiro atoms. The number of hydrogen-bond donors (Lipinski definition) is 1. The third-order valence-corrected chi connectivity index (χ3v) is 10.1. The molecule has 10 rings (SSSR count). The van der Waals surface area contributed by atoms with E-state index in [1.807, 2.05) is 74.3 Å². The highest BCUT2D eigenvalue weighted by Gasteiger charge is 2.14. The van der Waals surface area contributed by atoms with E-state index in [-0.39, 0.29) is 6.04 Å². The van der Waals surface area contributed by atoms with Gasteiger partial charge >= 0.3 is 0 Å². The van der Waals surface area contributed by atoms with Gasteiger partial charge in [0.2, 0.25) is 0 Å². The summed E-state index contributed by atoms with van der Waals surface area (Å²) in [5, 5.41) is 4.78. The van der Waals surface area contributed by atoms with Gasteiger partial charge in [-0.1, -0.05) is 24.3 Å². The molecular formula is C46H38N10O. The van der Waals surface area contributed by atoms with E-state index < -0.39 is 0 Å². The summed E-state index contributed by atoms with van der Waals surface area (Å²) in [4.78, 5) is 31.2. The van der Waals surface area contributed by atoms with Crippen molar-refractivity contribution in [2.75, 3.05) is 5.32 Å². The molecule has 0 amide bonds. The Bertz CT molecular complexity index is 3000. The van der Waals surface area contributed by atoms with E-state index in [1.54, 1.807) is 37.2 Å². The van der Waals surface area contributed by atoms with Gasteiger partial charge in [0.1, 0.15) is 12.4 Å². The monoisotopic (exact) mass is 746 g/mol. The van der Waals surface area contributed by atoms with Gasteiger partial charge in [-0.25, -0.2) is 0 Å². The third-order valence-electron chi connectivity index (χ3n) is 10.1. The third kappa shape index (κ3) is 7.33. The molecule has 3 aromatic carbocycles. The number of pyridine rings is 3. The fourth-order valence-electron chi connectivity index (χ4n) is 7.06. The van der Waals surface area contributed by atoms with Gasteiger partial charge in [-0.2, -0.15) is 0 Å². The second-order valence-electron chi connectivity index (χ2n) is 13.9. The first kappa shape index (κ1) is 35.2. The van der Waals surface area contributed by atoms with E-state index in [4.69, 9.17) is 4.74 Å². The van der Waals surface area contributed by atoms with Crippen LogP contribution in [0, 0.1) is 0 Å². The molecule has 0 radical (unpaired) electrons. The van der Waals surface area contributed by atoms with E-state index in [2.05, 4.69) is 112 Å². The lowest BCUT2D eigenvalue weighted by atomic mass is 10.0. The van der Waals surface area contributed by atoms with Crippen molar-refractivity contribution in [3.63, 3.8) is 0 Å². The molecule has 1 N–H and O–H groups in total. The molecule has 0 fully saturated rings. The molecule has 0 saturated heterocycles. The van der Waals surface area contributed by atoms with Crippen LogP contribution in [0.4, 0.5) is 5.69 Å². The Morgan fingerprint density at radius 3 is 2.07 bits per heavy atom. The van der Waals surface area contributed by atoms with Crippen molar-refractivity contribution in [1.29, 1.82) is 0 Å². The molecular weight excluding hydrogens is 709 g/mol. The summed E-state index contributed by atoms with van der Waals surface area (Å²) in [6.45, 7) is 2.57. The van der Waals surface area contributed by atoms with E-state index in [1.165, 1.54) is 10.9 Å². The summed E-state index contributed by atoms with van der Waals surface area (Å²) in [6, 6.07) is 28.9. The van der Waals surface area contributed by atoms with Crippen molar-refractivity contribution in [3.8, 4) is 28.0 Å². The Labute approximate surface area is 328 Å². The molecule has 278 valence electrons. The Kier molecular flexibility index (Phi) is 9.45. The Morgan fingerprint density at radius 2 is 1.30 bits per heavy atom. The summed E-state index contributed by atoms with van der Waals surface area (Å²) in [5.74, 6) is 0.763. The van der Waals surface area contributed by atoms with Crippen LogP contribution in [0.1, 0.15) is 24.1 Å². The zero-order chi connectivity index (χ0) is 38.7. The number of ether oxygens (including phenoxy) is 1. The second kappa shape index (κ2) is 15.3. The molecule has 1 unspecified atom stereocenters. The topological polar surface area (TPSA) is 121 Å². The lowest BCUT2D eigenvalue weighted by molar-refractivity contribution is 0.306. The van der Waals surface area contributed by atoms with Crippen LogP contribution in [-0.2, 0) is 20.7 Å². The van der Waals surface area contributed by atoms with E-state index in [0.717, 1.165) is 77.9 Å². The number of aromatic nitrogens is 9. The van der Waals surface area contributed by atoms with Crippen LogP contribution in [0.25, 0.3) is 66.3 Å². The summed E-state index contributed by atoms with van der Waals surface area (Å²) >= 11 is 0. The highest BCUT2D eigenvalue weighted by Crippen LogP contribution is 2.34. The Morgan fingerprint density at radius 1 is 0.596 bits per heavy atom. The van der Waals surface area contributed by atoms with Gasteiger partial charge in [-0.05, 0) is 78.0 Å². The lowest BCUT2D eigenvalue weighted by Gasteiger charge is -2.17. The molecule has 0 saturated carbocycles. The van der Waals surface area contributed by atoms with Gasteiger partial charge in [0.15, 0.2) is 0 Å². The molecule has 11 nitrogen and oxygen atoms in total. The van der Waals surface area contributed by atoms with Crippen LogP contribution < -0.4 is 10.1 Å². The Balaban J connectivity index is 0.000000148. The minimum absolute atomic E-state index is 0.110. The van der Waals surface area contributed by atoms with Crippen molar-refractivity contribution in [1.82, 2.24) is 44.0 Å². The van der Waals surface area contributed by atoms with Crippen LogP contribution in [0.15, 0.2) is 153 Å². The first-order valence-corrected chi connectivity index (χ1v) is 18.6. The average molecular weight is 747 g/mol. The fourth-order valence-corrected chi connectivity index (χ4v) is 7.06. The summed E-state index contributed by atoms with van der Waals surface area (Å²) in [6.07, 6.45) is 20.1. The van der Waals surface area contributed by atoms with Crippen LogP contribution in [-0.4, -0.2) is 44.0 Å². The van der Waals surface area contributed by atoms with Gasteiger partial charge in [0.25, 0.3) is 0 Å². The number of anilines is 1. The predicted octanol–water partition coefficient (Wildman–Crippen LogP) is 9.51. The van der Waals surface area contributed by atoms with E-state index in [9.17, 15) is 0 Å². The molecule has 7 heterocycles. The normalized spacial score (nSPS) is 11.8. The first-order valence-electron chi connectivity index (χ1n) is 18.6. The van der Waals surface area contributed by atoms with Gasteiger partial charge in [0.05, 0.1) is 39.1 Å². The van der Waals surface area contributed by atoms with Crippen molar-refractivity contribution < 1.29 is 4.74 Å². The second-order valence-corrected chi connectivity index (χ2v) is 13.9. The van der Waals surface area contributed by atoms with Crippen LogP contribution in [0.5, 0.6) is 5.75 Å². The number of nitrogens with one attached hydrogen (secondary N) is 1. The van der Waals surface area contributed by atoms with Crippen LogP contribution >= 0.6 is 0 Å². The smallest absolute Gasteiger partial charge is 0.122 e. The maximum atomic E-state index is 6.05. The number of nitrogens with zero attached hydrogens (tertiary/aromatic N) is 9. The minimum Gasteiger partial charge on any atom is -0.489 e. The molecule has 11 heteroatoms. The molecule has 0 bridgehead atoms. The quantitative estimate of drug-likeness (QED) is 0.162. The number of rotatable bonds is 8. The maximum Gasteiger partial charge on any atom is 0.122 e. The molecule has 7 aromatic heterocycles. The zero-order valence-corrected chi connectivity index (χ0v) is 31.7. The van der Waals surface area contributed by atoms with Crippen molar-refractivity contribution in [2.45, 2.75) is 19.6 Å². The highest BCUT2D eigenvalue weighted by atomic mass is 16.5. The SMILES string of the molecule is CC(Nc1cc(-c2cnc3ccn(C)c3c2)c2nccnc2c1)c1cccnc1.Cn1ccc2ccc(-c3cc(OCc4cccnc4)cc4nccnc34)cc21. The first-order chi connectivity index (χ1) is 28.0. The molecule has 0 aliphatic rings. The molecule has 0 aliphatic carbocycles. The lowest BCUT2D eigenvalue weighted by Crippen LogP contribution is -2.07. The Hall–Kier alpha value is -7.53. The van der Waals surface area contributed by atoms with Gasteiger partial charge in [-0.3, -0.25) is 34.9 Å². The van der Waals surface area contributed by atoms with Crippen LogP contribution in [0.3, 0.4) is 0 Å². The molecule has 0 aliphatic heterocycles. The predicted molar refractivity (Wildman–Crippen MR) is 226 cm³/mol. The summed E-state index contributed by atoms with van der Waals surface area (Å²) in [7, 11) is 4.08. The molecule has 57 heavy (non-hydrogen) atoms. The van der Waals surface area contributed by atoms with Gasteiger partial charge in [0, 0.05) is 122 Å². The number of aryl methyl sites for hydroxylation is 2. The highest BCUT2D eigenvalue weighted by molar-refractivity contribution is 5.97. The van der Waals surface area contributed by atoms with Crippen molar-refractivity contribution in [3.05, 3.63) is 164 Å². The molecule has 1 atom stereocenters. The number of benzene rings is 3. The van der Waals surface area contributed by atoms with Crippen LogP contribution in [0.2, 0.25) is 0 Å². The number of hydrogen-bond acceptors (Lipinski definition) is 9. The van der Waals surface area contributed by atoms with Crippen molar-refractivity contribution >= 4 is 49.7 Å². The standard InChI is InChI=1S/C23H20N6.C23H18N4O/c1-15(16-4-3-6-24-13-16)28-18-11-19(23-21(12-18)25-7-8-26-23)17-10-22-20(27-14-17)5-9-29(22)2;1-27-10-6-17-4-5-18(11-22(17)27)20-12-19(13-21-23(20)26-9-8-25-21)28-15-16-3-2-7-24-14-16/h3-15,28H,1-2H3;2-14H,15H2,1H3. The van der Waals surface area contributed by atoms with Gasteiger partial charge in [-0.15, -0.1) is 0 Å². The number of fused-ring (bicyclic) bond motifs is 4. The zero-order valence-electron chi connectivity index (χ0n) is 31.7. The summed E-state index contributed by atoms with van der Waals surface area (Å²) in [5.41, 5.74) is 13.9. The summed E-state index contributed by atoms with van der Waals surface area (Å²) < 4.78 is 10.2. The maximum absolute atomic E-state index is 6.05. The molecule has 10 aromatic rings. The van der Waals surface area contributed by atoms with E-state index >= 15 is 0 Å². The largest absolute Gasteiger partial charge is 0.489 e. The minimum atomic E-state index is 0.110.